The number of H-pyrrole nitrogens is 1. The lowest BCUT2D eigenvalue weighted by Crippen LogP contribution is -1.99. The summed E-state index contributed by atoms with van der Waals surface area (Å²) in [4.78, 5) is 8.01. The van der Waals surface area contributed by atoms with Crippen molar-refractivity contribution >= 4 is 0 Å². The maximum atomic E-state index is 5.80. The minimum atomic E-state index is 0.385. The van der Waals surface area contributed by atoms with E-state index in [0.717, 1.165) is 22.8 Å². The van der Waals surface area contributed by atoms with Gasteiger partial charge in [-0.1, -0.05) is 26.0 Å². The lowest BCUT2D eigenvalue weighted by atomic mass is 10.0. The van der Waals surface area contributed by atoms with Crippen LogP contribution in [-0.2, 0) is 6.54 Å². The van der Waals surface area contributed by atoms with Gasteiger partial charge in [0.1, 0.15) is 5.82 Å². The maximum absolute atomic E-state index is 5.80. The molecule has 3 N–H and O–H groups in total. The first-order chi connectivity index (χ1) is 8.52. The molecule has 3 nitrogen and oxygen atoms in total. The molecule has 0 aliphatic carbocycles. The van der Waals surface area contributed by atoms with Crippen molar-refractivity contribution in [2.75, 3.05) is 0 Å². The van der Waals surface area contributed by atoms with Crippen molar-refractivity contribution in [2.24, 2.45) is 5.73 Å². The van der Waals surface area contributed by atoms with Crippen LogP contribution in [0.3, 0.4) is 0 Å². The zero-order chi connectivity index (χ0) is 13.3. The smallest absolute Gasteiger partial charge is 0.109 e. The fourth-order valence-electron chi connectivity index (χ4n) is 1.98. The molecule has 96 valence electrons. The Kier molecular flexibility index (Phi) is 3.53. The summed E-state index contributed by atoms with van der Waals surface area (Å²) in [5.74, 6) is 1.39. The average molecular weight is 243 g/mol. The number of imidazole rings is 1. The third-order valence-corrected chi connectivity index (χ3v) is 3.33. The largest absolute Gasteiger partial charge is 0.344 e. The molecule has 3 heteroatoms. The number of nitrogens with two attached hydrogens (primary N) is 1. The highest BCUT2D eigenvalue weighted by Gasteiger charge is 2.13. The zero-order valence-electron chi connectivity index (χ0n) is 11.5. The van der Waals surface area contributed by atoms with Gasteiger partial charge in [0, 0.05) is 18.0 Å². The van der Waals surface area contributed by atoms with Gasteiger partial charge in [0.15, 0.2) is 0 Å². The van der Waals surface area contributed by atoms with Crippen molar-refractivity contribution in [3.63, 3.8) is 0 Å². The predicted octanol–water partition coefficient (Wildman–Crippen LogP) is 3.28. The van der Waals surface area contributed by atoms with Gasteiger partial charge in [-0.2, -0.15) is 0 Å². The number of aryl methyl sites for hydroxylation is 2. The predicted molar refractivity (Wildman–Crippen MR) is 75.5 cm³/mol. The van der Waals surface area contributed by atoms with Crippen LogP contribution in [0, 0.1) is 13.8 Å². The van der Waals surface area contributed by atoms with Gasteiger partial charge in [0.2, 0.25) is 0 Å². The van der Waals surface area contributed by atoms with E-state index < -0.39 is 0 Å². The Hall–Kier alpha value is -1.61. The number of nitrogens with zero attached hydrogens (tertiary/aromatic N) is 1. The highest BCUT2D eigenvalue weighted by atomic mass is 15.0. The van der Waals surface area contributed by atoms with Gasteiger partial charge in [-0.15, -0.1) is 0 Å². The number of hydrogen-bond donors (Lipinski definition) is 2. The molecule has 0 unspecified atom stereocenters. The molecule has 1 aromatic carbocycles. The van der Waals surface area contributed by atoms with Crippen molar-refractivity contribution in [2.45, 2.75) is 40.2 Å². The summed E-state index contributed by atoms with van der Waals surface area (Å²) in [5, 5.41) is 0. The molecule has 2 rings (SSSR count). The normalized spacial score (nSPS) is 11.2. The van der Waals surface area contributed by atoms with Crippen LogP contribution < -0.4 is 5.73 Å². The molecule has 0 atom stereocenters. The quantitative estimate of drug-likeness (QED) is 0.869. The monoisotopic (exact) mass is 243 g/mol. The molecule has 0 saturated carbocycles. The molecule has 2 aromatic rings. The van der Waals surface area contributed by atoms with E-state index in [1.54, 1.807) is 0 Å². The number of aromatic nitrogens is 2. The Morgan fingerprint density at radius 2 is 1.94 bits per heavy atom. The van der Waals surface area contributed by atoms with E-state index in [0.29, 0.717) is 12.5 Å². The first kappa shape index (κ1) is 12.8. The molecule has 0 fully saturated rings. The van der Waals surface area contributed by atoms with Crippen LogP contribution in [0.2, 0.25) is 0 Å². The maximum Gasteiger partial charge on any atom is 0.109 e. The fraction of sp³-hybridized carbons (Fsp3) is 0.400. The van der Waals surface area contributed by atoms with E-state index in [9.17, 15) is 0 Å². The molecule has 1 aromatic heterocycles. The Morgan fingerprint density at radius 1 is 1.22 bits per heavy atom. The molecule has 18 heavy (non-hydrogen) atoms. The Morgan fingerprint density at radius 3 is 2.50 bits per heavy atom. The second kappa shape index (κ2) is 4.94. The first-order valence-corrected chi connectivity index (χ1v) is 6.39. The van der Waals surface area contributed by atoms with Crippen LogP contribution >= 0.6 is 0 Å². The minimum Gasteiger partial charge on any atom is -0.344 e. The number of rotatable bonds is 3. The van der Waals surface area contributed by atoms with E-state index >= 15 is 0 Å². The van der Waals surface area contributed by atoms with Crippen molar-refractivity contribution in [1.29, 1.82) is 0 Å². The highest BCUT2D eigenvalue weighted by Crippen LogP contribution is 2.25. The molecule has 0 saturated heterocycles. The Balaban J connectivity index is 2.51. The van der Waals surface area contributed by atoms with Gasteiger partial charge >= 0.3 is 0 Å². The van der Waals surface area contributed by atoms with Gasteiger partial charge in [-0.25, -0.2) is 4.98 Å². The van der Waals surface area contributed by atoms with E-state index in [2.05, 4.69) is 55.9 Å². The third kappa shape index (κ3) is 2.31. The third-order valence-electron chi connectivity index (χ3n) is 3.33. The van der Waals surface area contributed by atoms with Crippen molar-refractivity contribution in [3.05, 3.63) is 40.8 Å². The standard InChI is InChI=1S/C15H21N3/c1-9(2)15-17-13(8-16)14(18-15)12-6-5-10(3)11(4)7-12/h5-7,9H,8,16H2,1-4H3,(H,17,18). The summed E-state index contributed by atoms with van der Waals surface area (Å²) in [6.45, 7) is 8.98. The molecule has 0 spiro atoms. The lowest BCUT2D eigenvalue weighted by Gasteiger charge is -2.04. The number of nitrogens with one attached hydrogen (secondary N) is 1. The van der Waals surface area contributed by atoms with Gasteiger partial charge in [-0.05, 0) is 31.0 Å². The summed E-state index contributed by atoms with van der Waals surface area (Å²) < 4.78 is 0. The molecule has 0 aliphatic heterocycles. The van der Waals surface area contributed by atoms with Crippen LogP contribution in [0.15, 0.2) is 18.2 Å². The van der Waals surface area contributed by atoms with Crippen LogP contribution in [-0.4, -0.2) is 9.97 Å². The van der Waals surface area contributed by atoms with E-state index in [-0.39, 0.29) is 0 Å². The summed E-state index contributed by atoms with van der Waals surface area (Å²) in [6, 6.07) is 6.42. The zero-order valence-corrected chi connectivity index (χ0v) is 11.5. The van der Waals surface area contributed by atoms with E-state index in [1.807, 2.05) is 0 Å². The Bertz CT molecular complexity index is 553. The summed E-state index contributed by atoms with van der Waals surface area (Å²) in [6.07, 6.45) is 0. The molecule has 0 amide bonds. The summed E-state index contributed by atoms with van der Waals surface area (Å²) >= 11 is 0. The fourth-order valence-corrected chi connectivity index (χ4v) is 1.98. The van der Waals surface area contributed by atoms with Crippen molar-refractivity contribution in [1.82, 2.24) is 9.97 Å². The molecule has 1 heterocycles. The average Bonchev–Trinajstić information content (AvgIpc) is 2.77. The van der Waals surface area contributed by atoms with E-state index in [1.165, 1.54) is 11.1 Å². The van der Waals surface area contributed by atoms with Gasteiger partial charge < -0.3 is 10.7 Å². The SMILES string of the molecule is Cc1ccc(-c2nc(C(C)C)[nH]c2CN)cc1C. The molecular weight excluding hydrogens is 222 g/mol. The molecule has 0 bridgehead atoms. The second-order valence-corrected chi connectivity index (χ2v) is 5.11. The van der Waals surface area contributed by atoms with Crippen molar-refractivity contribution < 1.29 is 0 Å². The number of aromatic amines is 1. The molecular formula is C15H21N3. The summed E-state index contributed by atoms with van der Waals surface area (Å²) in [7, 11) is 0. The topological polar surface area (TPSA) is 54.7 Å². The number of benzene rings is 1. The van der Waals surface area contributed by atoms with Crippen LogP contribution in [0.4, 0.5) is 0 Å². The number of hydrogen-bond acceptors (Lipinski definition) is 2. The van der Waals surface area contributed by atoms with Gasteiger partial charge in [0.05, 0.1) is 11.4 Å². The molecule has 0 radical (unpaired) electrons. The van der Waals surface area contributed by atoms with Crippen LogP contribution in [0.25, 0.3) is 11.3 Å². The minimum absolute atomic E-state index is 0.385. The second-order valence-electron chi connectivity index (χ2n) is 5.11. The lowest BCUT2D eigenvalue weighted by molar-refractivity contribution is 0.788. The van der Waals surface area contributed by atoms with Gasteiger partial charge in [-0.3, -0.25) is 0 Å². The highest BCUT2D eigenvalue weighted by molar-refractivity contribution is 5.63. The summed E-state index contributed by atoms with van der Waals surface area (Å²) in [5.41, 5.74) is 11.5. The Labute approximate surface area is 108 Å². The molecule has 0 aliphatic rings. The van der Waals surface area contributed by atoms with Crippen LogP contribution in [0.5, 0.6) is 0 Å². The first-order valence-electron chi connectivity index (χ1n) is 6.39. The van der Waals surface area contributed by atoms with Gasteiger partial charge in [0.25, 0.3) is 0 Å². The van der Waals surface area contributed by atoms with E-state index in [4.69, 9.17) is 5.73 Å². The van der Waals surface area contributed by atoms with Crippen LogP contribution in [0.1, 0.15) is 42.4 Å². The van der Waals surface area contributed by atoms with Crippen molar-refractivity contribution in [3.8, 4) is 11.3 Å².